The largest absolute Gasteiger partial charge is 0.497 e. The van der Waals surface area contributed by atoms with Crippen LogP contribution in [0, 0.1) is 0 Å². The van der Waals surface area contributed by atoms with Crippen LogP contribution in [0.3, 0.4) is 0 Å². The second-order valence-electron chi connectivity index (χ2n) is 5.87. The molecular formula is C19H20N2O3. The maximum atomic E-state index is 12.8. The zero-order valence-corrected chi connectivity index (χ0v) is 13.6. The third-order valence-electron chi connectivity index (χ3n) is 4.41. The van der Waals surface area contributed by atoms with E-state index in [0.717, 1.165) is 30.7 Å². The molecule has 1 heterocycles. The maximum Gasteiger partial charge on any atom is 0.254 e. The van der Waals surface area contributed by atoms with E-state index in [4.69, 9.17) is 10.5 Å². The quantitative estimate of drug-likeness (QED) is 0.940. The highest BCUT2D eigenvalue weighted by atomic mass is 16.5. The average molecular weight is 324 g/mol. The van der Waals surface area contributed by atoms with E-state index >= 15 is 0 Å². The molecule has 1 aliphatic heterocycles. The van der Waals surface area contributed by atoms with Gasteiger partial charge in [-0.2, -0.15) is 0 Å². The number of carbonyl (C=O) groups is 2. The number of rotatable bonds is 4. The van der Waals surface area contributed by atoms with E-state index < -0.39 is 5.91 Å². The molecule has 1 atom stereocenters. The number of nitrogens with two attached hydrogens (primary N) is 1. The molecule has 0 bridgehead atoms. The predicted molar refractivity (Wildman–Crippen MR) is 91.0 cm³/mol. The van der Waals surface area contributed by atoms with Gasteiger partial charge in [-0.25, -0.2) is 0 Å². The van der Waals surface area contributed by atoms with Gasteiger partial charge in [0, 0.05) is 17.7 Å². The van der Waals surface area contributed by atoms with E-state index in [1.165, 1.54) is 0 Å². The summed E-state index contributed by atoms with van der Waals surface area (Å²) in [4.78, 5) is 25.9. The van der Waals surface area contributed by atoms with E-state index in [9.17, 15) is 9.59 Å². The molecule has 0 saturated carbocycles. The lowest BCUT2D eigenvalue weighted by atomic mass is 10.0. The van der Waals surface area contributed by atoms with Crippen molar-refractivity contribution in [1.29, 1.82) is 0 Å². The SMILES string of the molecule is COc1cccc(C2CCCN2C(=O)c2ccc(C(N)=O)cc2)c1. The minimum Gasteiger partial charge on any atom is -0.497 e. The molecule has 2 aromatic carbocycles. The lowest BCUT2D eigenvalue weighted by Gasteiger charge is -2.25. The van der Waals surface area contributed by atoms with Crippen LogP contribution in [0.2, 0.25) is 0 Å². The zero-order chi connectivity index (χ0) is 17.1. The molecule has 1 saturated heterocycles. The van der Waals surface area contributed by atoms with Crippen molar-refractivity contribution in [1.82, 2.24) is 4.90 Å². The van der Waals surface area contributed by atoms with Crippen LogP contribution in [0.25, 0.3) is 0 Å². The highest BCUT2D eigenvalue weighted by molar-refractivity contribution is 5.97. The first-order chi connectivity index (χ1) is 11.6. The summed E-state index contributed by atoms with van der Waals surface area (Å²) in [5.41, 5.74) is 7.28. The third-order valence-corrected chi connectivity index (χ3v) is 4.41. The van der Waals surface area contributed by atoms with Gasteiger partial charge in [0.2, 0.25) is 5.91 Å². The number of amides is 2. The fourth-order valence-electron chi connectivity index (χ4n) is 3.15. The number of carbonyl (C=O) groups excluding carboxylic acids is 2. The fraction of sp³-hybridized carbons (Fsp3) is 0.263. The van der Waals surface area contributed by atoms with E-state index in [2.05, 4.69) is 0 Å². The lowest BCUT2D eigenvalue weighted by Crippen LogP contribution is -2.30. The summed E-state index contributed by atoms with van der Waals surface area (Å²) in [5.74, 6) is 0.262. The van der Waals surface area contributed by atoms with E-state index in [-0.39, 0.29) is 11.9 Å². The minimum absolute atomic E-state index is 0.0312. The van der Waals surface area contributed by atoms with Crippen LogP contribution in [0.15, 0.2) is 48.5 Å². The molecule has 24 heavy (non-hydrogen) atoms. The van der Waals surface area contributed by atoms with Gasteiger partial charge in [0.15, 0.2) is 0 Å². The molecule has 2 amide bonds. The minimum atomic E-state index is -0.496. The van der Waals surface area contributed by atoms with Crippen molar-refractivity contribution in [3.63, 3.8) is 0 Å². The number of methoxy groups -OCH3 is 1. The highest BCUT2D eigenvalue weighted by Gasteiger charge is 2.30. The number of hydrogen-bond donors (Lipinski definition) is 1. The van der Waals surface area contributed by atoms with Crippen LogP contribution in [-0.2, 0) is 0 Å². The topological polar surface area (TPSA) is 72.6 Å². The van der Waals surface area contributed by atoms with Gasteiger partial charge in [-0.3, -0.25) is 9.59 Å². The Balaban J connectivity index is 1.84. The summed E-state index contributed by atoms with van der Waals surface area (Å²) >= 11 is 0. The smallest absolute Gasteiger partial charge is 0.254 e. The molecule has 2 aromatic rings. The van der Waals surface area contributed by atoms with Gasteiger partial charge < -0.3 is 15.4 Å². The van der Waals surface area contributed by atoms with Crippen LogP contribution in [0.1, 0.15) is 45.2 Å². The normalized spacial score (nSPS) is 16.9. The molecule has 0 aliphatic carbocycles. The number of benzene rings is 2. The molecule has 1 fully saturated rings. The van der Waals surface area contributed by atoms with Crippen molar-refractivity contribution in [3.05, 3.63) is 65.2 Å². The molecule has 1 aliphatic rings. The highest BCUT2D eigenvalue weighted by Crippen LogP contribution is 2.34. The lowest BCUT2D eigenvalue weighted by molar-refractivity contribution is 0.0735. The van der Waals surface area contributed by atoms with Crippen LogP contribution < -0.4 is 10.5 Å². The molecule has 0 radical (unpaired) electrons. The zero-order valence-electron chi connectivity index (χ0n) is 13.6. The molecule has 0 aromatic heterocycles. The van der Waals surface area contributed by atoms with E-state index in [1.54, 1.807) is 31.4 Å². The standard InChI is InChI=1S/C19H20N2O3/c1-24-16-5-2-4-15(12-16)17-6-3-11-21(17)19(23)14-9-7-13(8-10-14)18(20)22/h2,4-5,7-10,12,17H,3,6,11H2,1H3,(H2,20,22). The van der Waals surface area contributed by atoms with Crippen molar-refractivity contribution in [2.45, 2.75) is 18.9 Å². The van der Waals surface area contributed by atoms with Gasteiger partial charge in [-0.05, 0) is 54.8 Å². The van der Waals surface area contributed by atoms with Crippen LogP contribution in [0.5, 0.6) is 5.75 Å². The Morgan fingerprint density at radius 2 is 1.83 bits per heavy atom. The molecule has 5 heteroatoms. The third kappa shape index (κ3) is 3.11. The molecule has 2 N–H and O–H groups in total. The van der Waals surface area contributed by atoms with Gasteiger partial charge in [0.25, 0.3) is 5.91 Å². The first-order valence-electron chi connectivity index (χ1n) is 7.95. The Morgan fingerprint density at radius 3 is 2.50 bits per heavy atom. The molecule has 3 rings (SSSR count). The van der Waals surface area contributed by atoms with Crippen molar-refractivity contribution < 1.29 is 14.3 Å². The Kier molecular flexibility index (Phi) is 4.51. The monoisotopic (exact) mass is 324 g/mol. The second-order valence-corrected chi connectivity index (χ2v) is 5.87. The molecule has 124 valence electrons. The van der Waals surface area contributed by atoms with Crippen LogP contribution in [0.4, 0.5) is 0 Å². The van der Waals surface area contributed by atoms with Gasteiger partial charge >= 0.3 is 0 Å². The van der Waals surface area contributed by atoms with E-state index in [1.807, 2.05) is 29.2 Å². The Morgan fingerprint density at radius 1 is 1.12 bits per heavy atom. The summed E-state index contributed by atoms with van der Waals surface area (Å²) in [5, 5.41) is 0. The Bertz CT molecular complexity index is 755. The molecule has 5 nitrogen and oxygen atoms in total. The average Bonchev–Trinajstić information content (AvgIpc) is 3.11. The van der Waals surface area contributed by atoms with Gasteiger partial charge in [-0.15, -0.1) is 0 Å². The van der Waals surface area contributed by atoms with Crippen molar-refractivity contribution in [2.75, 3.05) is 13.7 Å². The molecule has 1 unspecified atom stereocenters. The second kappa shape index (κ2) is 6.74. The Hall–Kier alpha value is -2.82. The van der Waals surface area contributed by atoms with Gasteiger partial charge in [0.05, 0.1) is 13.2 Å². The number of hydrogen-bond acceptors (Lipinski definition) is 3. The van der Waals surface area contributed by atoms with Crippen LogP contribution >= 0.6 is 0 Å². The summed E-state index contributed by atoms with van der Waals surface area (Å²) in [6.07, 6.45) is 1.89. The van der Waals surface area contributed by atoms with Gasteiger partial charge in [0.1, 0.15) is 5.75 Å². The van der Waals surface area contributed by atoms with Crippen molar-refractivity contribution in [3.8, 4) is 5.75 Å². The first kappa shape index (κ1) is 16.1. The van der Waals surface area contributed by atoms with Crippen molar-refractivity contribution >= 4 is 11.8 Å². The number of nitrogens with zero attached hydrogens (tertiary/aromatic N) is 1. The number of ether oxygens (including phenoxy) is 1. The molecular weight excluding hydrogens is 304 g/mol. The van der Waals surface area contributed by atoms with Crippen molar-refractivity contribution in [2.24, 2.45) is 5.73 Å². The summed E-state index contributed by atoms with van der Waals surface area (Å²) in [6, 6.07) is 14.4. The fourth-order valence-corrected chi connectivity index (χ4v) is 3.15. The summed E-state index contributed by atoms with van der Waals surface area (Å²) < 4.78 is 5.28. The first-order valence-corrected chi connectivity index (χ1v) is 7.95. The molecule has 0 spiro atoms. The maximum absolute atomic E-state index is 12.8. The number of primary amides is 1. The summed E-state index contributed by atoms with van der Waals surface area (Å²) in [6.45, 7) is 0.721. The van der Waals surface area contributed by atoms with Crippen LogP contribution in [-0.4, -0.2) is 30.4 Å². The Labute approximate surface area is 141 Å². The predicted octanol–water partition coefficient (Wildman–Crippen LogP) is 2.77. The van der Waals surface area contributed by atoms with E-state index in [0.29, 0.717) is 11.1 Å². The number of likely N-dealkylation sites (tertiary alicyclic amines) is 1. The summed E-state index contributed by atoms with van der Waals surface area (Å²) in [7, 11) is 1.64. The van der Waals surface area contributed by atoms with Gasteiger partial charge in [-0.1, -0.05) is 12.1 Å².